The van der Waals surface area contributed by atoms with Gasteiger partial charge in [0.1, 0.15) is 6.04 Å². The molecule has 1 aromatic carbocycles. The molecule has 1 aliphatic rings. The van der Waals surface area contributed by atoms with E-state index in [1.165, 1.54) is 24.7 Å². The molecule has 0 saturated heterocycles. The molecule has 0 aliphatic carbocycles. The number of aromatic nitrogens is 2. The van der Waals surface area contributed by atoms with E-state index >= 15 is 0 Å². The first-order chi connectivity index (χ1) is 12.8. The third kappa shape index (κ3) is 4.10. The lowest BCUT2D eigenvalue weighted by atomic mass is 9.99. The van der Waals surface area contributed by atoms with E-state index in [0.717, 1.165) is 12.1 Å². The summed E-state index contributed by atoms with van der Waals surface area (Å²) in [6.07, 6.45) is -1.57. The average Bonchev–Trinajstić information content (AvgIpc) is 3.13. The second kappa shape index (κ2) is 7.14. The van der Waals surface area contributed by atoms with E-state index in [1.807, 2.05) is 0 Å². The highest BCUT2D eigenvalue weighted by atomic mass is 19.4. The van der Waals surface area contributed by atoms with E-state index in [2.05, 4.69) is 25.9 Å². The molecule has 7 nitrogen and oxygen atoms in total. The van der Waals surface area contributed by atoms with Crippen molar-refractivity contribution in [2.24, 2.45) is 0 Å². The molecule has 1 aliphatic heterocycles. The van der Waals surface area contributed by atoms with Gasteiger partial charge in [-0.1, -0.05) is 12.1 Å². The van der Waals surface area contributed by atoms with Crippen LogP contribution in [0.2, 0.25) is 0 Å². The van der Waals surface area contributed by atoms with Gasteiger partial charge in [0.25, 0.3) is 5.91 Å². The number of halogens is 3. The van der Waals surface area contributed by atoms with Gasteiger partial charge in [0.05, 0.1) is 29.4 Å². The number of nitrogens with zero attached hydrogens (tertiary/aromatic N) is 1. The van der Waals surface area contributed by atoms with Crippen LogP contribution in [0.1, 0.15) is 29.8 Å². The Labute approximate surface area is 152 Å². The van der Waals surface area contributed by atoms with Crippen LogP contribution >= 0.6 is 0 Å². The first-order valence-corrected chi connectivity index (χ1v) is 7.96. The van der Waals surface area contributed by atoms with Crippen molar-refractivity contribution < 1.29 is 22.8 Å². The van der Waals surface area contributed by atoms with E-state index in [0.29, 0.717) is 17.0 Å². The zero-order valence-corrected chi connectivity index (χ0v) is 14.1. The molecule has 0 unspecified atom stereocenters. The molecule has 1 atom stereocenters. The number of rotatable bonds is 4. The molecular weight excluding hydrogens is 363 g/mol. The topological polar surface area (TPSA) is 98.9 Å². The third-order valence-electron chi connectivity index (χ3n) is 4.05. The number of imidazole rings is 1. The molecule has 0 spiro atoms. The van der Waals surface area contributed by atoms with Crippen LogP contribution in [0.25, 0.3) is 0 Å². The Kier molecular flexibility index (Phi) is 4.89. The predicted octanol–water partition coefficient (Wildman–Crippen LogP) is 2.37. The second-order valence-corrected chi connectivity index (χ2v) is 5.96. The summed E-state index contributed by atoms with van der Waals surface area (Å²) in [7, 11) is 0. The zero-order valence-electron chi connectivity index (χ0n) is 14.1. The smallest absolute Gasteiger partial charge is 0.348 e. The number of carbonyl (C=O) groups excluding carboxylic acids is 2. The van der Waals surface area contributed by atoms with Crippen molar-refractivity contribution in [3.63, 3.8) is 0 Å². The van der Waals surface area contributed by atoms with E-state index in [1.54, 1.807) is 6.92 Å². The van der Waals surface area contributed by atoms with Gasteiger partial charge in [0, 0.05) is 12.2 Å². The van der Waals surface area contributed by atoms with Crippen molar-refractivity contribution in [1.82, 2.24) is 25.9 Å². The van der Waals surface area contributed by atoms with Gasteiger partial charge in [-0.25, -0.2) is 9.78 Å². The molecule has 3 amide bonds. The van der Waals surface area contributed by atoms with E-state index in [9.17, 15) is 22.8 Å². The summed E-state index contributed by atoms with van der Waals surface area (Å²) in [6, 6.07) is 3.50. The Hall–Kier alpha value is -3.30. The third-order valence-corrected chi connectivity index (χ3v) is 4.05. The highest BCUT2D eigenvalue weighted by molar-refractivity contribution is 5.98. The van der Waals surface area contributed by atoms with Crippen LogP contribution in [0.15, 0.2) is 48.1 Å². The van der Waals surface area contributed by atoms with Gasteiger partial charge in [-0.05, 0) is 24.6 Å². The highest BCUT2D eigenvalue weighted by Gasteiger charge is 2.32. The van der Waals surface area contributed by atoms with E-state index in [-0.39, 0.29) is 12.1 Å². The van der Waals surface area contributed by atoms with Crippen LogP contribution in [-0.2, 0) is 17.5 Å². The maximum Gasteiger partial charge on any atom is 0.416 e. The lowest BCUT2D eigenvalue weighted by Gasteiger charge is -2.27. The molecule has 0 radical (unpaired) electrons. The maximum atomic E-state index is 12.8. The standard InChI is InChI=1S/C17H16F3N5O2/c1-9-13(14(25-16(27)24-9)12-7-21-8-23-12)15(26)22-6-10-3-2-4-11(5-10)17(18,19)20/h2-5,7-8,14H,6H2,1H3,(H,21,23)(H,22,26)(H2,24,25,27)/t14-/m1/s1. The molecule has 1 aromatic heterocycles. The normalized spacial score (nSPS) is 17.3. The molecule has 142 valence electrons. The SMILES string of the molecule is CC1=C(C(=O)NCc2cccc(C(F)(F)F)c2)[C@@H](c2cnc[nH]2)NC(=O)N1. The molecule has 10 heteroatoms. The minimum absolute atomic E-state index is 0.0941. The number of hydrogen-bond donors (Lipinski definition) is 4. The monoisotopic (exact) mass is 379 g/mol. The fourth-order valence-corrected chi connectivity index (χ4v) is 2.79. The van der Waals surface area contributed by atoms with Crippen LogP contribution in [0.4, 0.5) is 18.0 Å². The molecule has 2 heterocycles. The number of carbonyl (C=O) groups is 2. The number of nitrogens with one attached hydrogen (secondary N) is 4. The molecule has 2 aromatic rings. The van der Waals surface area contributed by atoms with E-state index in [4.69, 9.17) is 0 Å². The lowest BCUT2D eigenvalue weighted by molar-refractivity contribution is -0.137. The van der Waals surface area contributed by atoms with Crippen molar-refractivity contribution in [1.29, 1.82) is 0 Å². The number of amides is 3. The van der Waals surface area contributed by atoms with Gasteiger partial charge in [-0.15, -0.1) is 0 Å². The molecule has 0 saturated carbocycles. The molecule has 27 heavy (non-hydrogen) atoms. The number of H-pyrrole nitrogens is 1. The Balaban J connectivity index is 1.78. The summed E-state index contributed by atoms with van der Waals surface area (Å²) < 4.78 is 38.4. The summed E-state index contributed by atoms with van der Waals surface area (Å²) >= 11 is 0. The average molecular weight is 379 g/mol. The van der Waals surface area contributed by atoms with Gasteiger partial charge in [0.2, 0.25) is 0 Å². The summed E-state index contributed by atoms with van der Waals surface area (Å²) in [4.78, 5) is 31.1. The van der Waals surface area contributed by atoms with Gasteiger partial charge in [-0.2, -0.15) is 13.2 Å². The fraction of sp³-hybridized carbons (Fsp3) is 0.235. The van der Waals surface area contributed by atoms with Gasteiger partial charge in [-0.3, -0.25) is 4.79 Å². The lowest BCUT2D eigenvalue weighted by Crippen LogP contribution is -2.47. The quantitative estimate of drug-likeness (QED) is 0.656. The first kappa shape index (κ1) is 18.5. The Morgan fingerprint density at radius 3 is 2.78 bits per heavy atom. The minimum Gasteiger partial charge on any atom is -0.348 e. The maximum absolute atomic E-state index is 12.8. The summed E-state index contributed by atoms with van der Waals surface area (Å²) in [5.41, 5.74) is 0.619. The van der Waals surface area contributed by atoms with Crippen molar-refractivity contribution in [2.45, 2.75) is 25.7 Å². The molecule has 4 N–H and O–H groups in total. The van der Waals surface area contributed by atoms with Crippen LogP contribution < -0.4 is 16.0 Å². The largest absolute Gasteiger partial charge is 0.416 e. The molecule has 0 bridgehead atoms. The van der Waals surface area contributed by atoms with Crippen LogP contribution in [0.3, 0.4) is 0 Å². The van der Waals surface area contributed by atoms with Crippen molar-refractivity contribution in [2.75, 3.05) is 0 Å². The summed E-state index contributed by atoms with van der Waals surface area (Å²) in [6.45, 7) is 1.48. The van der Waals surface area contributed by atoms with Crippen LogP contribution in [0, 0.1) is 0 Å². The summed E-state index contributed by atoms with van der Waals surface area (Å²) in [5, 5.41) is 7.73. The van der Waals surface area contributed by atoms with Gasteiger partial charge < -0.3 is 20.9 Å². The van der Waals surface area contributed by atoms with Gasteiger partial charge >= 0.3 is 12.2 Å². The van der Waals surface area contributed by atoms with Crippen LogP contribution in [0.5, 0.6) is 0 Å². The number of aromatic amines is 1. The Morgan fingerprint density at radius 1 is 1.33 bits per heavy atom. The molecule has 0 fully saturated rings. The Bertz CT molecular complexity index is 890. The number of urea groups is 1. The van der Waals surface area contributed by atoms with Crippen LogP contribution in [-0.4, -0.2) is 21.9 Å². The Morgan fingerprint density at radius 2 is 2.11 bits per heavy atom. The molecule has 3 rings (SSSR count). The highest BCUT2D eigenvalue weighted by Crippen LogP contribution is 2.29. The number of allylic oxidation sites excluding steroid dienone is 1. The van der Waals surface area contributed by atoms with Crippen molar-refractivity contribution >= 4 is 11.9 Å². The number of benzene rings is 1. The van der Waals surface area contributed by atoms with Crippen molar-refractivity contribution in [3.8, 4) is 0 Å². The van der Waals surface area contributed by atoms with Crippen molar-refractivity contribution in [3.05, 3.63) is 64.9 Å². The van der Waals surface area contributed by atoms with E-state index < -0.39 is 29.7 Å². The minimum atomic E-state index is -4.46. The summed E-state index contributed by atoms with van der Waals surface area (Å²) in [5.74, 6) is -0.517. The predicted molar refractivity (Wildman–Crippen MR) is 89.0 cm³/mol. The van der Waals surface area contributed by atoms with Gasteiger partial charge in [0.15, 0.2) is 0 Å². The number of hydrogen-bond acceptors (Lipinski definition) is 3. The first-order valence-electron chi connectivity index (χ1n) is 7.96. The number of alkyl halides is 3. The zero-order chi connectivity index (χ0) is 19.6. The molecular formula is C17H16F3N5O2. The second-order valence-electron chi connectivity index (χ2n) is 5.96. The fourth-order valence-electron chi connectivity index (χ4n) is 2.79.